The van der Waals surface area contributed by atoms with Gasteiger partial charge in [0.25, 0.3) is 0 Å². The molecule has 0 amide bonds. The van der Waals surface area contributed by atoms with E-state index >= 15 is 0 Å². The Bertz CT molecular complexity index is 619. The number of nitrogens with one attached hydrogen (secondary N) is 1. The fraction of sp³-hybridized carbons (Fsp3) is 0.154. The second-order valence-electron chi connectivity index (χ2n) is 3.44. The SMILES string of the molecule is COC(=O)c1cc2ccc(C#CCS)cc2[nH]1. The molecule has 0 unspecified atom stereocenters. The standard InChI is InChI=1S/C13H11NO2S/c1-16-13(15)12-8-10-5-4-9(3-2-6-17)7-11(10)14-12/h4-5,7-8,14,17H,6H2,1H3. The summed E-state index contributed by atoms with van der Waals surface area (Å²) in [6.45, 7) is 0. The van der Waals surface area contributed by atoms with Crippen LogP contribution in [0.2, 0.25) is 0 Å². The molecule has 86 valence electrons. The molecule has 2 rings (SSSR count). The molecular formula is C13H11NO2S. The molecule has 1 heterocycles. The third-order valence-electron chi connectivity index (χ3n) is 2.34. The maximum Gasteiger partial charge on any atom is 0.354 e. The molecule has 2 aromatic rings. The fourth-order valence-corrected chi connectivity index (χ4v) is 1.65. The number of esters is 1. The van der Waals surface area contributed by atoms with Gasteiger partial charge in [0.1, 0.15) is 5.69 Å². The Kier molecular flexibility index (Phi) is 3.40. The van der Waals surface area contributed by atoms with E-state index < -0.39 is 0 Å². The molecule has 17 heavy (non-hydrogen) atoms. The number of thiol groups is 1. The number of rotatable bonds is 1. The van der Waals surface area contributed by atoms with Crippen molar-refractivity contribution in [3.8, 4) is 11.8 Å². The first-order valence-corrected chi connectivity index (χ1v) is 5.68. The number of fused-ring (bicyclic) bond motifs is 1. The van der Waals surface area contributed by atoms with Crippen molar-refractivity contribution in [1.82, 2.24) is 4.98 Å². The second kappa shape index (κ2) is 4.98. The van der Waals surface area contributed by atoms with Gasteiger partial charge in [-0.15, -0.1) is 0 Å². The van der Waals surface area contributed by atoms with Gasteiger partial charge in [-0.05, 0) is 18.2 Å². The van der Waals surface area contributed by atoms with Crippen LogP contribution in [0.4, 0.5) is 0 Å². The summed E-state index contributed by atoms with van der Waals surface area (Å²) < 4.78 is 4.65. The van der Waals surface area contributed by atoms with Crippen LogP contribution in [-0.2, 0) is 4.74 Å². The molecule has 0 spiro atoms. The summed E-state index contributed by atoms with van der Waals surface area (Å²) in [6, 6.07) is 7.49. The van der Waals surface area contributed by atoms with E-state index in [1.54, 1.807) is 6.07 Å². The van der Waals surface area contributed by atoms with Gasteiger partial charge in [0.2, 0.25) is 0 Å². The molecule has 4 heteroatoms. The molecule has 0 aliphatic heterocycles. The fourth-order valence-electron chi connectivity index (χ4n) is 1.57. The number of hydrogen-bond donors (Lipinski definition) is 2. The van der Waals surface area contributed by atoms with Gasteiger partial charge < -0.3 is 9.72 Å². The highest BCUT2D eigenvalue weighted by atomic mass is 32.1. The Balaban J connectivity index is 2.44. The highest BCUT2D eigenvalue weighted by Crippen LogP contribution is 2.17. The molecule has 0 saturated carbocycles. The van der Waals surface area contributed by atoms with Gasteiger partial charge in [-0.1, -0.05) is 17.9 Å². The molecular weight excluding hydrogens is 234 g/mol. The summed E-state index contributed by atoms with van der Waals surface area (Å²) >= 11 is 4.03. The lowest BCUT2D eigenvalue weighted by atomic mass is 10.2. The molecule has 0 saturated heterocycles. The largest absolute Gasteiger partial charge is 0.464 e. The Morgan fingerprint density at radius 3 is 3.00 bits per heavy atom. The summed E-state index contributed by atoms with van der Waals surface area (Å²) in [6.07, 6.45) is 0. The van der Waals surface area contributed by atoms with Crippen LogP contribution in [0.1, 0.15) is 16.1 Å². The number of carbonyl (C=O) groups is 1. The molecule has 1 N–H and O–H groups in total. The van der Waals surface area contributed by atoms with Gasteiger partial charge in [-0.25, -0.2) is 4.79 Å². The smallest absolute Gasteiger partial charge is 0.354 e. The lowest BCUT2D eigenvalue weighted by Crippen LogP contribution is -2.00. The first-order valence-electron chi connectivity index (χ1n) is 5.05. The number of aromatic amines is 1. The Morgan fingerprint density at radius 1 is 1.47 bits per heavy atom. The number of hydrogen-bond acceptors (Lipinski definition) is 3. The van der Waals surface area contributed by atoms with Crippen LogP contribution in [-0.4, -0.2) is 23.8 Å². The van der Waals surface area contributed by atoms with Crippen molar-refractivity contribution >= 4 is 29.5 Å². The maximum absolute atomic E-state index is 11.3. The normalized spacial score (nSPS) is 9.76. The monoisotopic (exact) mass is 245 g/mol. The zero-order chi connectivity index (χ0) is 12.3. The van der Waals surface area contributed by atoms with Crippen LogP contribution in [0.5, 0.6) is 0 Å². The maximum atomic E-state index is 11.3. The van der Waals surface area contributed by atoms with E-state index in [2.05, 4.69) is 34.2 Å². The van der Waals surface area contributed by atoms with Crippen molar-refractivity contribution in [2.24, 2.45) is 0 Å². The van der Waals surface area contributed by atoms with Crippen molar-refractivity contribution in [2.75, 3.05) is 12.9 Å². The van der Waals surface area contributed by atoms with Gasteiger partial charge in [-0.2, -0.15) is 12.6 Å². The first-order chi connectivity index (χ1) is 8.24. The molecule has 0 fully saturated rings. The molecule has 0 bridgehead atoms. The second-order valence-corrected chi connectivity index (χ2v) is 3.75. The van der Waals surface area contributed by atoms with Crippen LogP contribution >= 0.6 is 12.6 Å². The topological polar surface area (TPSA) is 42.1 Å². The molecule has 1 aromatic heterocycles. The van der Waals surface area contributed by atoms with E-state index in [0.717, 1.165) is 16.5 Å². The van der Waals surface area contributed by atoms with E-state index in [1.807, 2.05) is 18.2 Å². The predicted octanol–water partition coefficient (Wildman–Crippen LogP) is 2.24. The van der Waals surface area contributed by atoms with Crippen LogP contribution in [0.25, 0.3) is 10.9 Å². The van der Waals surface area contributed by atoms with Crippen LogP contribution < -0.4 is 0 Å². The minimum atomic E-state index is -0.371. The third kappa shape index (κ3) is 2.45. The van der Waals surface area contributed by atoms with Gasteiger partial charge in [0, 0.05) is 16.5 Å². The van der Waals surface area contributed by atoms with E-state index in [1.165, 1.54) is 7.11 Å². The third-order valence-corrected chi connectivity index (χ3v) is 2.50. The summed E-state index contributed by atoms with van der Waals surface area (Å²) in [7, 11) is 1.36. The van der Waals surface area contributed by atoms with Gasteiger partial charge >= 0.3 is 5.97 Å². The predicted molar refractivity (Wildman–Crippen MR) is 70.4 cm³/mol. The highest BCUT2D eigenvalue weighted by Gasteiger charge is 2.08. The number of carbonyl (C=O) groups excluding carboxylic acids is 1. The lowest BCUT2D eigenvalue weighted by molar-refractivity contribution is 0.0595. The first kappa shape index (κ1) is 11.6. The van der Waals surface area contributed by atoms with Gasteiger partial charge in [0.05, 0.1) is 12.9 Å². The van der Waals surface area contributed by atoms with Crippen molar-refractivity contribution in [3.63, 3.8) is 0 Å². The summed E-state index contributed by atoms with van der Waals surface area (Å²) in [5.41, 5.74) is 2.21. The van der Waals surface area contributed by atoms with E-state index in [4.69, 9.17) is 0 Å². The average molecular weight is 245 g/mol. The molecule has 1 aromatic carbocycles. The molecule has 0 radical (unpaired) electrons. The van der Waals surface area contributed by atoms with Crippen molar-refractivity contribution < 1.29 is 9.53 Å². The molecule has 0 aliphatic rings. The average Bonchev–Trinajstić information content (AvgIpc) is 2.78. The van der Waals surface area contributed by atoms with Gasteiger partial charge in [0.15, 0.2) is 0 Å². The van der Waals surface area contributed by atoms with E-state index in [0.29, 0.717) is 11.4 Å². The van der Waals surface area contributed by atoms with Crippen molar-refractivity contribution in [1.29, 1.82) is 0 Å². The molecule has 3 nitrogen and oxygen atoms in total. The zero-order valence-electron chi connectivity index (χ0n) is 9.28. The summed E-state index contributed by atoms with van der Waals surface area (Å²) in [5, 5.41) is 0.960. The van der Waals surface area contributed by atoms with Crippen molar-refractivity contribution in [2.45, 2.75) is 0 Å². The quantitative estimate of drug-likeness (QED) is 0.459. The van der Waals surface area contributed by atoms with Gasteiger partial charge in [-0.3, -0.25) is 0 Å². The van der Waals surface area contributed by atoms with Crippen LogP contribution in [0, 0.1) is 11.8 Å². The van der Waals surface area contributed by atoms with Crippen molar-refractivity contribution in [3.05, 3.63) is 35.5 Å². The molecule has 0 atom stereocenters. The number of aromatic nitrogens is 1. The summed E-state index contributed by atoms with van der Waals surface area (Å²) in [5.74, 6) is 6.01. The number of H-pyrrole nitrogens is 1. The van der Waals surface area contributed by atoms with E-state index in [-0.39, 0.29) is 5.97 Å². The number of methoxy groups -OCH3 is 1. The summed E-state index contributed by atoms with van der Waals surface area (Å²) in [4.78, 5) is 14.4. The Morgan fingerprint density at radius 2 is 2.29 bits per heavy atom. The highest BCUT2D eigenvalue weighted by molar-refractivity contribution is 7.80. The lowest BCUT2D eigenvalue weighted by Gasteiger charge is -1.92. The van der Waals surface area contributed by atoms with Crippen LogP contribution in [0.15, 0.2) is 24.3 Å². The number of ether oxygens (including phenoxy) is 1. The minimum absolute atomic E-state index is 0.371. The molecule has 0 aliphatic carbocycles. The Labute approximate surface area is 105 Å². The van der Waals surface area contributed by atoms with E-state index in [9.17, 15) is 4.79 Å². The number of benzene rings is 1. The van der Waals surface area contributed by atoms with Crippen LogP contribution in [0.3, 0.4) is 0 Å². The minimum Gasteiger partial charge on any atom is -0.464 e. The Hall–Kier alpha value is -1.86. The zero-order valence-corrected chi connectivity index (χ0v) is 10.2.